The molecule has 0 spiro atoms. The molecular formula is C23H28N4O2. The van der Waals surface area contributed by atoms with Crippen LogP contribution in [0, 0.1) is 5.92 Å². The topological polar surface area (TPSA) is 78.7 Å². The molecular weight excluding hydrogens is 364 g/mol. The van der Waals surface area contributed by atoms with Gasteiger partial charge in [-0.25, -0.2) is 0 Å². The predicted octanol–water partition coefficient (Wildman–Crippen LogP) is 2.90. The number of hydrogen-bond donors (Lipinski definition) is 2. The van der Waals surface area contributed by atoms with Crippen molar-refractivity contribution < 1.29 is 9.59 Å². The summed E-state index contributed by atoms with van der Waals surface area (Å²) in [6, 6.07) is 15.4. The van der Waals surface area contributed by atoms with Crippen molar-refractivity contribution in [2.45, 2.75) is 25.7 Å². The highest BCUT2D eigenvalue weighted by molar-refractivity contribution is 5.92. The van der Waals surface area contributed by atoms with Crippen LogP contribution in [0.2, 0.25) is 0 Å². The summed E-state index contributed by atoms with van der Waals surface area (Å²) in [5.74, 6) is 0.126. The second-order valence-electron chi connectivity index (χ2n) is 7.88. The highest BCUT2D eigenvalue weighted by Gasteiger charge is 2.29. The van der Waals surface area contributed by atoms with Crippen LogP contribution in [0.5, 0.6) is 0 Å². The molecule has 2 aromatic carbocycles. The third-order valence-electron chi connectivity index (χ3n) is 5.97. The molecule has 6 heteroatoms. The molecule has 4 rings (SSSR count). The number of hydrogen-bond acceptors (Lipinski definition) is 4. The molecule has 2 heterocycles. The summed E-state index contributed by atoms with van der Waals surface area (Å²) in [4.78, 5) is 29.4. The van der Waals surface area contributed by atoms with Gasteiger partial charge >= 0.3 is 0 Å². The second kappa shape index (κ2) is 8.55. The number of para-hydroxylation sites is 1. The lowest BCUT2D eigenvalue weighted by molar-refractivity contribution is -0.133. The molecule has 0 bridgehead atoms. The molecule has 0 aromatic heterocycles. The molecule has 1 saturated heterocycles. The van der Waals surface area contributed by atoms with Gasteiger partial charge in [0.25, 0.3) is 0 Å². The van der Waals surface area contributed by atoms with Gasteiger partial charge in [-0.05, 0) is 55.5 Å². The molecule has 2 aliphatic rings. The lowest BCUT2D eigenvalue weighted by atomic mass is 9.95. The number of fused-ring (bicyclic) bond motifs is 1. The monoisotopic (exact) mass is 392 g/mol. The number of carbonyl (C=O) groups is 2. The molecule has 0 atom stereocenters. The number of nitrogen functional groups attached to an aromatic ring is 1. The van der Waals surface area contributed by atoms with Crippen LogP contribution >= 0.6 is 0 Å². The molecule has 2 aromatic rings. The highest BCUT2D eigenvalue weighted by Crippen LogP contribution is 2.31. The Labute approximate surface area is 171 Å². The minimum Gasteiger partial charge on any atom is -0.398 e. The van der Waals surface area contributed by atoms with E-state index >= 15 is 0 Å². The summed E-state index contributed by atoms with van der Waals surface area (Å²) < 4.78 is 0. The van der Waals surface area contributed by atoms with Crippen molar-refractivity contribution in [2.24, 2.45) is 5.92 Å². The Hall–Kier alpha value is -3.02. The summed E-state index contributed by atoms with van der Waals surface area (Å²) >= 11 is 0. The van der Waals surface area contributed by atoms with E-state index in [0.29, 0.717) is 32.5 Å². The number of likely N-dealkylation sites (tertiary alicyclic amines) is 1. The number of amides is 2. The minimum absolute atomic E-state index is 0.0451. The molecule has 3 N–H and O–H groups in total. The number of nitrogens with zero attached hydrogens (tertiary/aromatic N) is 2. The fraction of sp³-hybridized carbons (Fsp3) is 0.391. The van der Waals surface area contributed by atoms with Crippen LogP contribution in [0.3, 0.4) is 0 Å². The van der Waals surface area contributed by atoms with Crippen LogP contribution in [0.15, 0.2) is 48.5 Å². The number of rotatable bonds is 4. The van der Waals surface area contributed by atoms with Crippen molar-refractivity contribution in [3.05, 3.63) is 54.1 Å². The number of piperidine rings is 1. The molecule has 0 aliphatic carbocycles. The highest BCUT2D eigenvalue weighted by atomic mass is 16.2. The van der Waals surface area contributed by atoms with Crippen molar-refractivity contribution in [1.29, 1.82) is 0 Å². The first-order chi connectivity index (χ1) is 14.1. The standard InChI is InChI=1S/C23H28N4O2/c24-20-9-4-10-21-19(20)8-5-13-27(21)16-22(28)26-14-11-17(12-15-26)23(29)25-18-6-2-1-3-7-18/h1-4,6-7,9-10,17H,5,8,11-16,24H2,(H,25,29). The van der Waals surface area contributed by atoms with Crippen LogP contribution in [0.25, 0.3) is 0 Å². The average molecular weight is 393 g/mol. The maximum atomic E-state index is 12.9. The number of nitrogens with two attached hydrogens (primary N) is 1. The summed E-state index contributed by atoms with van der Waals surface area (Å²) in [5, 5.41) is 2.98. The van der Waals surface area contributed by atoms with Gasteiger partial charge in [0.05, 0.1) is 6.54 Å². The van der Waals surface area contributed by atoms with Gasteiger partial charge in [0.2, 0.25) is 11.8 Å². The van der Waals surface area contributed by atoms with E-state index in [4.69, 9.17) is 5.73 Å². The van der Waals surface area contributed by atoms with Crippen LogP contribution in [-0.2, 0) is 16.0 Å². The number of carbonyl (C=O) groups excluding carboxylic acids is 2. The van der Waals surface area contributed by atoms with E-state index in [1.807, 2.05) is 47.4 Å². The van der Waals surface area contributed by atoms with Crippen molar-refractivity contribution in [3.63, 3.8) is 0 Å². The SMILES string of the molecule is Nc1cccc2c1CCCN2CC(=O)N1CCC(C(=O)Nc2ccccc2)CC1. The van der Waals surface area contributed by atoms with E-state index in [9.17, 15) is 9.59 Å². The first kappa shape index (κ1) is 19.3. The van der Waals surface area contributed by atoms with Crippen LogP contribution in [0.1, 0.15) is 24.8 Å². The van der Waals surface area contributed by atoms with Gasteiger partial charge < -0.3 is 20.9 Å². The van der Waals surface area contributed by atoms with E-state index in [-0.39, 0.29) is 17.7 Å². The normalized spacial score (nSPS) is 17.0. The molecule has 0 saturated carbocycles. The Bertz CT molecular complexity index is 876. The largest absolute Gasteiger partial charge is 0.398 e. The van der Waals surface area contributed by atoms with Gasteiger partial charge in [0, 0.05) is 42.6 Å². The van der Waals surface area contributed by atoms with Gasteiger partial charge in [0.1, 0.15) is 0 Å². The molecule has 2 aliphatic heterocycles. The van der Waals surface area contributed by atoms with Gasteiger partial charge in [-0.1, -0.05) is 24.3 Å². The van der Waals surface area contributed by atoms with Crippen LogP contribution in [-0.4, -0.2) is 42.9 Å². The van der Waals surface area contributed by atoms with Crippen LogP contribution in [0.4, 0.5) is 17.1 Å². The van der Waals surface area contributed by atoms with Crippen molar-refractivity contribution in [2.75, 3.05) is 42.1 Å². The van der Waals surface area contributed by atoms with Gasteiger partial charge in [-0.15, -0.1) is 0 Å². The number of anilines is 3. The van der Waals surface area contributed by atoms with Gasteiger partial charge in [-0.2, -0.15) is 0 Å². The molecule has 6 nitrogen and oxygen atoms in total. The van der Waals surface area contributed by atoms with E-state index in [0.717, 1.165) is 42.0 Å². The summed E-state index contributed by atoms with van der Waals surface area (Å²) in [6.45, 7) is 2.50. The minimum atomic E-state index is -0.0465. The van der Waals surface area contributed by atoms with Crippen LogP contribution < -0.4 is 16.0 Å². The Morgan fingerprint density at radius 3 is 2.52 bits per heavy atom. The Morgan fingerprint density at radius 2 is 1.76 bits per heavy atom. The molecule has 0 radical (unpaired) electrons. The molecule has 2 amide bonds. The van der Waals surface area contributed by atoms with E-state index in [1.54, 1.807) is 0 Å². The fourth-order valence-electron chi connectivity index (χ4n) is 4.31. The second-order valence-corrected chi connectivity index (χ2v) is 7.88. The number of nitrogens with one attached hydrogen (secondary N) is 1. The molecule has 0 unspecified atom stereocenters. The Morgan fingerprint density at radius 1 is 1.00 bits per heavy atom. The average Bonchev–Trinajstić information content (AvgIpc) is 2.75. The van der Waals surface area contributed by atoms with E-state index < -0.39 is 0 Å². The quantitative estimate of drug-likeness (QED) is 0.785. The lowest BCUT2D eigenvalue weighted by Crippen LogP contribution is -2.46. The van der Waals surface area contributed by atoms with Gasteiger partial charge in [-0.3, -0.25) is 9.59 Å². The zero-order chi connectivity index (χ0) is 20.2. The van der Waals surface area contributed by atoms with Crippen molar-refractivity contribution in [1.82, 2.24) is 4.90 Å². The zero-order valence-corrected chi connectivity index (χ0v) is 16.6. The van der Waals surface area contributed by atoms with Crippen molar-refractivity contribution in [3.8, 4) is 0 Å². The lowest BCUT2D eigenvalue weighted by Gasteiger charge is -2.35. The maximum absolute atomic E-state index is 12.9. The third-order valence-corrected chi connectivity index (χ3v) is 5.97. The zero-order valence-electron chi connectivity index (χ0n) is 16.6. The van der Waals surface area contributed by atoms with E-state index in [1.165, 1.54) is 0 Å². The Kier molecular flexibility index (Phi) is 5.69. The maximum Gasteiger partial charge on any atom is 0.242 e. The smallest absolute Gasteiger partial charge is 0.242 e. The summed E-state index contributed by atoms with van der Waals surface area (Å²) in [6.07, 6.45) is 3.38. The van der Waals surface area contributed by atoms with E-state index in [2.05, 4.69) is 16.3 Å². The predicted molar refractivity (Wildman–Crippen MR) is 116 cm³/mol. The first-order valence-electron chi connectivity index (χ1n) is 10.4. The Balaban J connectivity index is 1.31. The molecule has 29 heavy (non-hydrogen) atoms. The third kappa shape index (κ3) is 4.36. The van der Waals surface area contributed by atoms with Gasteiger partial charge in [0.15, 0.2) is 0 Å². The fourth-order valence-corrected chi connectivity index (χ4v) is 4.31. The molecule has 1 fully saturated rings. The summed E-state index contributed by atoms with van der Waals surface area (Å²) in [7, 11) is 0. The molecule has 152 valence electrons. The summed E-state index contributed by atoms with van der Waals surface area (Å²) in [5.41, 5.74) is 9.99. The van der Waals surface area contributed by atoms with Crippen molar-refractivity contribution >= 4 is 28.9 Å². The number of benzene rings is 2. The first-order valence-corrected chi connectivity index (χ1v) is 10.4.